The lowest BCUT2D eigenvalue weighted by molar-refractivity contribution is 0.206. The zero-order chi connectivity index (χ0) is 16.5. The van der Waals surface area contributed by atoms with Gasteiger partial charge in [0.25, 0.3) is 0 Å². The Morgan fingerprint density at radius 3 is 2.75 bits per heavy atom. The summed E-state index contributed by atoms with van der Waals surface area (Å²) in [5, 5.41) is 13.9. The van der Waals surface area contributed by atoms with E-state index in [2.05, 4.69) is 63.7 Å². The lowest BCUT2D eigenvalue weighted by atomic mass is 9.85. The van der Waals surface area contributed by atoms with Gasteiger partial charge >= 0.3 is 0 Å². The molecule has 0 fully saturated rings. The summed E-state index contributed by atoms with van der Waals surface area (Å²) >= 11 is 3.61. The maximum Gasteiger partial charge on any atom is 0.0590 e. The number of halogens is 1. The number of benzene rings is 2. The standard InChI is InChI=1S/C21H24BrNO/c22-16-10-8-15-5-3-7-20(19(15)12-16)23-21(13-24)18-11-9-14-4-1-2-6-17(14)18/h1-2,4,6,8,10,12,18,20-21,23-24H,3,5,7,9,11,13H2. The highest BCUT2D eigenvalue weighted by atomic mass is 79.9. The van der Waals surface area contributed by atoms with Gasteiger partial charge in [-0.25, -0.2) is 0 Å². The highest BCUT2D eigenvalue weighted by Gasteiger charge is 2.32. The number of fused-ring (bicyclic) bond motifs is 2. The molecule has 0 saturated heterocycles. The first kappa shape index (κ1) is 16.3. The van der Waals surface area contributed by atoms with Crippen molar-refractivity contribution in [3.63, 3.8) is 0 Å². The van der Waals surface area contributed by atoms with Gasteiger partial charge in [-0.2, -0.15) is 0 Å². The second-order valence-electron chi connectivity index (χ2n) is 7.09. The Hall–Kier alpha value is -1.16. The third kappa shape index (κ3) is 3.05. The van der Waals surface area contributed by atoms with Crippen LogP contribution >= 0.6 is 15.9 Å². The molecule has 2 aromatic carbocycles. The Bertz CT molecular complexity index is 730. The molecule has 0 spiro atoms. The van der Waals surface area contributed by atoms with Gasteiger partial charge in [0.15, 0.2) is 0 Å². The van der Waals surface area contributed by atoms with Gasteiger partial charge in [-0.15, -0.1) is 0 Å². The van der Waals surface area contributed by atoms with Crippen LogP contribution < -0.4 is 5.32 Å². The van der Waals surface area contributed by atoms with Crippen LogP contribution in [0.25, 0.3) is 0 Å². The lowest BCUT2D eigenvalue weighted by Gasteiger charge is -2.33. The molecule has 2 aliphatic rings. The van der Waals surface area contributed by atoms with Crippen molar-refractivity contribution in [2.24, 2.45) is 0 Å². The van der Waals surface area contributed by atoms with E-state index in [4.69, 9.17) is 0 Å². The number of aliphatic hydroxyl groups excluding tert-OH is 1. The van der Waals surface area contributed by atoms with Gasteiger partial charge in [0.2, 0.25) is 0 Å². The molecule has 0 bridgehead atoms. The summed E-state index contributed by atoms with van der Waals surface area (Å²) in [5.74, 6) is 0.420. The van der Waals surface area contributed by atoms with Crippen LogP contribution in [0, 0.1) is 0 Å². The quantitative estimate of drug-likeness (QED) is 0.811. The molecule has 3 heteroatoms. The molecule has 2 aromatic rings. The van der Waals surface area contributed by atoms with Gasteiger partial charge in [0.05, 0.1) is 6.61 Å². The van der Waals surface area contributed by atoms with Crippen molar-refractivity contribution in [2.75, 3.05) is 6.61 Å². The fourth-order valence-electron chi connectivity index (χ4n) is 4.51. The number of aliphatic hydroxyl groups is 1. The normalized spacial score (nSPS) is 23.6. The smallest absolute Gasteiger partial charge is 0.0590 e. The molecule has 0 radical (unpaired) electrons. The van der Waals surface area contributed by atoms with Crippen LogP contribution in [0.15, 0.2) is 46.9 Å². The molecule has 126 valence electrons. The molecule has 3 unspecified atom stereocenters. The lowest BCUT2D eigenvalue weighted by Crippen LogP contribution is -2.41. The highest BCUT2D eigenvalue weighted by molar-refractivity contribution is 9.10. The second kappa shape index (κ2) is 6.99. The summed E-state index contributed by atoms with van der Waals surface area (Å²) in [7, 11) is 0. The van der Waals surface area contributed by atoms with E-state index < -0.39 is 0 Å². The molecule has 0 saturated carbocycles. The monoisotopic (exact) mass is 385 g/mol. The Balaban J connectivity index is 1.58. The zero-order valence-corrected chi connectivity index (χ0v) is 15.4. The maximum absolute atomic E-state index is 10.1. The number of hydrogen-bond donors (Lipinski definition) is 2. The van der Waals surface area contributed by atoms with Gasteiger partial charge in [-0.3, -0.25) is 0 Å². The van der Waals surface area contributed by atoms with E-state index in [0.29, 0.717) is 12.0 Å². The zero-order valence-electron chi connectivity index (χ0n) is 13.8. The van der Waals surface area contributed by atoms with Crippen molar-refractivity contribution in [1.29, 1.82) is 0 Å². The van der Waals surface area contributed by atoms with Crippen LogP contribution in [0.1, 0.15) is 53.5 Å². The van der Waals surface area contributed by atoms with Crippen LogP contribution in [0.2, 0.25) is 0 Å². The van der Waals surface area contributed by atoms with Crippen LogP contribution in [0.5, 0.6) is 0 Å². The average molecular weight is 386 g/mol. The second-order valence-corrected chi connectivity index (χ2v) is 8.00. The minimum Gasteiger partial charge on any atom is -0.395 e. The van der Waals surface area contributed by atoms with E-state index in [0.717, 1.165) is 30.2 Å². The summed E-state index contributed by atoms with van der Waals surface area (Å²) in [6.45, 7) is 0.193. The molecule has 2 nitrogen and oxygen atoms in total. The van der Waals surface area contributed by atoms with Crippen molar-refractivity contribution in [3.05, 3.63) is 69.2 Å². The largest absolute Gasteiger partial charge is 0.395 e. The molecule has 0 heterocycles. The van der Waals surface area contributed by atoms with E-state index in [1.165, 1.54) is 28.7 Å². The fourth-order valence-corrected chi connectivity index (χ4v) is 4.88. The predicted octanol–water partition coefficient (Wildman–Crippen LogP) is 4.51. The topological polar surface area (TPSA) is 32.3 Å². The maximum atomic E-state index is 10.1. The van der Waals surface area contributed by atoms with Gasteiger partial charge in [-0.1, -0.05) is 46.3 Å². The Kier molecular flexibility index (Phi) is 4.75. The molecule has 3 atom stereocenters. The van der Waals surface area contributed by atoms with E-state index in [1.807, 2.05) is 0 Å². The summed E-state index contributed by atoms with van der Waals surface area (Å²) in [6.07, 6.45) is 5.79. The highest BCUT2D eigenvalue weighted by Crippen LogP contribution is 2.38. The number of aryl methyl sites for hydroxylation is 2. The molecule has 2 N–H and O–H groups in total. The summed E-state index contributed by atoms with van der Waals surface area (Å²) < 4.78 is 1.14. The van der Waals surface area contributed by atoms with Gasteiger partial charge in [-0.05, 0) is 66.5 Å². The first-order valence-electron chi connectivity index (χ1n) is 8.99. The van der Waals surface area contributed by atoms with Gasteiger partial charge in [0.1, 0.15) is 0 Å². The SMILES string of the molecule is OCC(NC1CCCc2ccc(Br)cc21)C1CCc2ccccc21. The summed E-state index contributed by atoms with van der Waals surface area (Å²) in [6, 6.07) is 15.8. The van der Waals surface area contributed by atoms with E-state index in [-0.39, 0.29) is 12.6 Å². The van der Waals surface area contributed by atoms with Crippen LogP contribution in [0.4, 0.5) is 0 Å². The number of nitrogens with one attached hydrogen (secondary N) is 1. The summed E-state index contributed by atoms with van der Waals surface area (Å²) in [5.41, 5.74) is 5.73. The molecule has 0 amide bonds. The third-order valence-electron chi connectivity index (χ3n) is 5.70. The number of rotatable bonds is 4. The summed E-state index contributed by atoms with van der Waals surface area (Å²) in [4.78, 5) is 0. The minimum atomic E-state index is 0.128. The third-order valence-corrected chi connectivity index (χ3v) is 6.19. The number of hydrogen-bond acceptors (Lipinski definition) is 2. The van der Waals surface area contributed by atoms with Crippen LogP contribution in [-0.4, -0.2) is 17.8 Å². The molecule has 0 aromatic heterocycles. The molecule has 4 rings (SSSR count). The molecule has 2 aliphatic carbocycles. The first-order chi connectivity index (χ1) is 11.8. The van der Waals surface area contributed by atoms with Crippen molar-refractivity contribution in [1.82, 2.24) is 5.32 Å². The predicted molar refractivity (Wildman–Crippen MR) is 101 cm³/mol. The molecular formula is C21H24BrNO. The Labute approximate surface area is 152 Å². The van der Waals surface area contributed by atoms with Gasteiger partial charge < -0.3 is 10.4 Å². The van der Waals surface area contributed by atoms with Crippen LogP contribution in [-0.2, 0) is 12.8 Å². The van der Waals surface area contributed by atoms with Crippen molar-refractivity contribution >= 4 is 15.9 Å². The fraction of sp³-hybridized carbons (Fsp3) is 0.429. The van der Waals surface area contributed by atoms with E-state index in [9.17, 15) is 5.11 Å². The van der Waals surface area contributed by atoms with Crippen LogP contribution in [0.3, 0.4) is 0 Å². The van der Waals surface area contributed by atoms with Crippen molar-refractivity contribution in [3.8, 4) is 0 Å². The molecule has 24 heavy (non-hydrogen) atoms. The van der Waals surface area contributed by atoms with E-state index in [1.54, 1.807) is 0 Å². The Morgan fingerprint density at radius 1 is 1.04 bits per heavy atom. The molecular weight excluding hydrogens is 362 g/mol. The van der Waals surface area contributed by atoms with E-state index >= 15 is 0 Å². The van der Waals surface area contributed by atoms with Gasteiger partial charge in [0, 0.05) is 22.5 Å². The Morgan fingerprint density at radius 2 is 1.88 bits per heavy atom. The molecule has 0 aliphatic heterocycles. The van der Waals surface area contributed by atoms with Crippen molar-refractivity contribution < 1.29 is 5.11 Å². The average Bonchev–Trinajstić information content (AvgIpc) is 3.04. The van der Waals surface area contributed by atoms with Crippen molar-refractivity contribution in [2.45, 2.75) is 50.1 Å². The minimum absolute atomic E-state index is 0.128. The first-order valence-corrected chi connectivity index (χ1v) is 9.78.